The van der Waals surface area contributed by atoms with Crippen LogP contribution in [0.5, 0.6) is 0 Å². The SMILES string of the molecule is COC(CNC(=O)c1ccc(Br)o1)c1ccc(Cl)s1. The van der Waals surface area contributed by atoms with Gasteiger partial charge >= 0.3 is 0 Å². The smallest absolute Gasteiger partial charge is 0.287 e. The number of methoxy groups -OCH3 is 1. The van der Waals surface area contributed by atoms with Crippen LogP contribution in [0.2, 0.25) is 4.34 Å². The second-order valence-corrected chi connectivity index (χ2v) is 6.21. The fourth-order valence-electron chi connectivity index (χ4n) is 1.51. The van der Waals surface area contributed by atoms with Crippen molar-refractivity contribution in [3.8, 4) is 0 Å². The number of carbonyl (C=O) groups is 1. The minimum Gasteiger partial charge on any atom is -0.444 e. The van der Waals surface area contributed by atoms with Crippen LogP contribution in [0.4, 0.5) is 0 Å². The Bertz CT molecular complexity index is 569. The van der Waals surface area contributed by atoms with Crippen LogP contribution in [0.3, 0.4) is 0 Å². The number of ether oxygens (including phenoxy) is 1. The summed E-state index contributed by atoms with van der Waals surface area (Å²) >= 11 is 10.5. The van der Waals surface area contributed by atoms with E-state index in [1.54, 1.807) is 25.3 Å². The van der Waals surface area contributed by atoms with Gasteiger partial charge in [-0.05, 0) is 40.2 Å². The van der Waals surface area contributed by atoms with E-state index in [9.17, 15) is 4.79 Å². The molecule has 4 nitrogen and oxygen atoms in total. The Morgan fingerprint density at radius 2 is 2.32 bits per heavy atom. The van der Waals surface area contributed by atoms with Crippen molar-refractivity contribution in [2.45, 2.75) is 6.10 Å². The first-order chi connectivity index (χ1) is 9.10. The third-order valence-electron chi connectivity index (χ3n) is 2.44. The van der Waals surface area contributed by atoms with Crippen molar-refractivity contribution < 1.29 is 13.9 Å². The molecule has 0 aliphatic rings. The van der Waals surface area contributed by atoms with Crippen molar-refractivity contribution >= 4 is 44.8 Å². The molecule has 2 rings (SSSR count). The monoisotopic (exact) mass is 363 g/mol. The van der Waals surface area contributed by atoms with Gasteiger partial charge in [0, 0.05) is 18.5 Å². The van der Waals surface area contributed by atoms with Gasteiger partial charge < -0.3 is 14.5 Å². The third-order valence-corrected chi connectivity index (χ3v) is 4.19. The van der Waals surface area contributed by atoms with Crippen molar-refractivity contribution in [1.82, 2.24) is 5.32 Å². The predicted octanol–water partition coefficient (Wildman–Crippen LogP) is 3.87. The molecule has 0 aromatic carbocycles. The summed E-state index contributed by atoms with van der Waals surface area (Å²) in [6, 6.07) is 6.96. The van der Waals surface area contributed by atoms with Crippen molar-refractivity contribution in [3.63, 3.8) is 0 Å². The van der Waals surface area contributed by atoms with E-state index in [-0.39, 0.29) is 17.8 Å². The molecule has 102 valence electrons. The molecule has 0 radical (unpaired) electrons. The quantitative estimate of drug-likeness (QED) is 0.876. The van der Waals surface area contributed by atoms with Crippen LogP contribution >= 0.6 is 38.9 Å². The Kier molecular flexibility index (Phi) is 5.04. The third kappa shape index (κ3) is 3.82. The number of amides is 1. The van der Waals surface area contributed by atoms with E-state index in [4.69, 9.17) is 20.8 Å². The van der Waals surface area contributed by atoms with Crippen LogP contribution in [0.1, 0.15) is 21.5 Å². The van der Waals surface area contributed by atoms with E-state index in [0.29, 0.717) is 15.6 Å². The average molecular weight is 365 g/mol. The average Bonchev–Trinajstić information content (AvgIpc) is 2.99. The van der Waals surface area contributed by atoms with Crippen LogP contribution in [-0.2, 0) is 4.74 Å². The summed E-state index contributed by atoms with van der Waals surface area (Å²) in [5.41, 5.74) is 0. The Balaban J connectivity index is 1.95. The summed E-state index contributed by atoms with van der Waals surface area (Å²) in [4.78, 5) is 12.8. The number of hydrogen-bond acceptors (Lipinski definition) is 4. The molecule has 1 N–H and O–H groups in total. The lowest BCUT2D eigenvalue weighted by atomic mass is 10.3. The molecule has 2 heterocycles. The van der Waals surface area contributed by atoms with Crippen molar-refractivity contribution in [1.29, 1.82) is 0 Å². The molecule has 2 aromatic heterocycles. The number of furan rings is 1. The van der Waals surface area contributed by atoms with E-state index in [1.807, 2.05) is 6.07 Å². The molecule has 0 spiro atoms. The van der Waals surface area contributed by atoms with Crippen LogP contribution in [0.15, 0.2) is 33.4 Å². The van der Waals surface area contributed by atoms with E-state index < -0.39 is 0 Å². The first kappa shape index (κ1) is 14.6. The minimum atomic E-state index is -0.282. The van der Waals surface area contributed by atoms with Gasteiger partial charge in [0.15, 0.2) is 10.4 Å². The molecule has 19 heavy (non-hydrogen) atoms. The zero-order chi connectivity index (χ0) is 13.8. The second kappa shape index (κ2) is 6.56. The zero-order valence-corrected chi connectivity index (χ0v) is 13.1. The highest BCUT2D eigenvalue weighted by Crippen LogP contribution is 2.28. The molecule has 1 unspecified atom stereocenters. The van der Waals surface area contributed by atoms with Crippen LogP contribution in [-0.4, -0.2) is 19.6 Å². The molecular weight excluding hydrogens is 354 g/mol. The maximum absolute atomic E-state index is 11.8. The van der Waals surface area contributed by atoms with Gasteiger partial charge in [-0.15, -0.1) is 11.3 Å². The fraction of sp³-hybridized carbons (Fsp3) is 0.250. The molecule has 2 aromatic rings. The number of hydrogen-bond donors (Lipinski definition) is 1. The molecule has 7 heteroatoms. The molecule has 0 saturated heterocycles. The number of rotatable bonds is 5. The lowest BCUT2D eigenvalue weighted by Gasteiger charge is -2.13. The lowest BCUT2D eigenvalue weighted by molar-refractivity contribution is 0.0815. The van der Waals surface area contributed by atoms with Gasteiger partial charge in [0.25, 0.3) is 5.91 Å². The van der Waals surface area contributed by atoms with Crippen LogP contribution in [0.25, 0.3) is 0 Å². The van der Waals surface area contributed by atoms with E-state index in [2.05, 4.69) is 21.2 Å². The molecule has 0 aliphatic carbocycles. The summed E-state index contributed by atoms with van der Waals surface area (Å²) < 4.78 is 11.7. The highest BCUT2D eigenvalue weighted by atomic mass is 79.9. The fourth-order valence-corrected chi connectivity index (χ4v) is 2.96. The molecule has 0 saturated carbocycles. The van der Waals surface area contributed by atoms with Gasteiger partial charge in [-0.1, -0.05) is 11.6 Å². The Hall–Kier alpha value is -0.820. The Morgan fingerprint density at radius 1 is 1.53 bits per heavy atom. The van der Waals surface area contributed by atoms with Crippen molar-refractivity contribution in [2.24, 2.45) is 0 Å². The topological polar surface area (TPSA) is 51.5 Å². The van der Waals surface area contributed by atoms with Crippen LogP contribution in [0, 0.1) is 0 Å². The molecular formula is C12H11BrClNO3S. The zero-order valence-electron chi connectivity index (χ0n) is 9.98. The van der Waals surface area contributed by atoms with Crippen molar-refractivity contribution in [2.75, 3.05) is 13.7 Å². The molecule has 1 amide bonds. The summed E-state index contributed by atoms with van der Waals surface area (Å²) in [5.74, 6) is -0.0265. The molecule has 0 aliphatic heterocycles. The summed E-state index contributed by atoms with van der Waals surface area (Å²) in [6.45, 7) is 0.352. The molecule has 0 fully saturated rings. The highest BCUT2D eigenvalue weighted by molar-refractivity contribution is 9.10. The maximum atomic E-state index is 11.8. The maximum Gasteiger partial charge on any atom is 0.287 e. The molecule has 0 bridgehead atoms. The number of nitrogens with one attached hydrogen (secondary N) is 1. The van der Waals surface area contributed by atoms with Gasteiger partial charge in [0.05, 0.1) is 4.34 Å². The van der Waals surface area contributed by atoms with E-state index in [1.165, 1.54) is 11.3 Å². The minimum absolute atomic E-state index is 0.222. The number of thiophene rings is 1. The Morgan fingerprint density at radius 3 is 2.84 bits per heavy atom. The lowest BCUT2D eigenvalue weighted by Crippen LogP contribution is -2.28. The largest absolute Gasteiger partial charge is 0.444 e. The standard InChI is InChI=1S/C12H11BrClNO3S/c1-17-8(9-3-5-11(14)19-9)6-15-12(16)7-2-4-10(13)18-7/h2-5,8H,6H2,1H3,(H,15,16). The van der Waals surface area contributed by atoms with Gasteiger partial charge in [-0.3, -0.25) is 4.79 Å². The van der Waals surface area contributed by atoms with E-state index in [0.717, 1.165) is 4.88 Å². The molecule has 1 atom stereocenters. The normalized spacial score (nSPS) is 12.4. The predicted molar refractivity (Wildman–Crippen MR) is 77.8 cm³/mol. The van der Waals surface area contributed by atoms with Crippen LogP contribution < -0.4 is 5.32 Å². The first-order valence-electron chi connectivity index (χ1n) is 5.41. The van der Waals surface area contributed by atoms with Gasteiger partial charge in [0.2, 0.25) is 0 Å². The Labute approximate surface area is 127 Å². The van der Waals surface area contributed by atoms with Gasteiger partial charge in [0.1, 0.15) is 6.10 Å². The second-order valence-electron chi connectivity index (χ2n) is 3.68. The van der Waals surface area contributed by atoms with E-state index >= 15 is 0 Å². The summed E-state index contributed by atoms with van der Waals surface area (Å²) in [7, 11) is 1.59. The van der Waals surface area contributed by atoms with Gasteiger partial charge in [-0.25, -0.2) is 0 Å². The van der Waals surface area contributed by atoms with Crippen molar-refractivity contribution in [3.05, 3.63) is 43.9 Å². The highest BCUT2D eigenvalue weighted by Gasteiger charge is 2.16. The number of halogens is 2. The summed E-state index contributed by atoms with van der Waals surface area (Å²) in [6.07, 6.45) is -0.222. The van der Waals surface area contributed by atoms with Gasteiger partial charge in [-0.2, -0.15) is 0 Å². The first-order valence-corrected chi connectivity index (χ1v) is 7.40. The summed E-state index contributed by atoms with van der Waals surface area (Å²) in [5, 5.41) is 2.76. The number of carbonyl (C=O) groups excluding carboxylic acids is 1.